The van der Waals surface area contributed by atoms with E-state index in [4.69, 9.17) is 0 Å². The lowest BCUT2D eigenvalue weighted by molar-refractivity contribution is -0.118. The van der Waals surface area contributed by atoms with Crippen LogP contribution in [0.5, 0.6) is 0 Å². The summed E-state index contributed by atoms with van der Waals surface area (Å²) >= 11 is 0. The minimum atomic E-state index is 0. The van der Waals surface area contributed by atoms with Gasteiger partial charge in [0.15, 0.2) is 0 Å². The molecule has 0 spiro atoms. The normalized spacial score (nSPS) is 17.4. The first-order valence-corrected chi connectivity index (χ1v) is 8.92. The van der Waals surface area contributed by atoms with E-state index in [-0.39, 0.29) is 24.4 Å². The zero-order valence-corrected chi connectivity index (χ0v) is 16.1. The number of aryl methyl sites for hydroxylation is 1. The number of piperazine rings is 1. The summed E-state index contributed by atoms with van der Waals surface area (Å²) in [5.41, 5.74) is 0.858. The molecule has 4 rings (SSSR count). The molecular weight excluding hydrogens is 362 g/mol. The van der Waals surface area contributed by atoms with Crippen LogP contribution < -0.4 is 10.6 Å². The van der Waals surface area contributed by atoms with Crippen LogP contribution in [0, 0.1) is 0 Å². The maximum Gasteiger partial charge on any atom is 0.238 e. The molecule has 27 heavy (non-hydrogen) atoms. The molecule has 7 heteroatoms. The van der Waals surface area contributed by atoms with Gasteiger partial charge in [0.05, 0.1) is 12.6 Å². The van der Waals surface area contributed by atoms with E-state index in [0.717, 1.165) is 41.9 Å². The fourth-order valence-electron chi connectivity index (χ4n) is 3.60. The molecule has 6 nitrogen and oxygen atoms in total. The quantitative estimate of drug-likeness (QED) is 0.724. The maximum absolute atomic E-state index is 12.7. The van der Waals surface area contributed by atoms with Gasteiger partial charge in [-0.3, -0.25) is 9.69 Å². The second-order valence-electron chi connectivity index (χ2n) is 6.66. The number of amides is 1. The number of carbonyl (C=O) groups is 1. The number of fused-ring (bicyclic) bond motifs is 1. The predicted molar refractivity (Wildman–Crippen MR) is 110 cm³/mol. The summed E-state index contributed by atoms with van der Waals surface area (Å²) in [6.07, 6.45) is 3.75. The lowest BCUT2D eigenvalue weighted by Gasteiger charge is -2.35. The molecule has 1 aromatic heterocycles. The third kappa shape index (κ3) is 4.13. The number of hydrogen-bond donors (Lipinski definition) is 2. The van der Waals surface area contributed by atoms with Gasteiger partial charge in [-0.2, -0.15) is 0 Å². The lowest BCUT2D eigenvalue weighted by atomic mass is 10.1. The first-order valence-electron chi connectivity index (χ1n) is 8.92. The van der Waals surface area contributed by atoms with Crippen molar-refractivity contribution in [2.24, 2.45) is 7.05 Å². The third-order valence-corrected chi connectivity index (χ3v) is 4.92. The van der Waals surface area contributed by atoms with Crippen LogP contribution in [-0.4, -0.2) is 46.5 Å². The number of nitrogens with one attached hydrogen (secondary N) is 2. The fraction of sp³-hybridized carbons (Fsp3) is 0.300. The molecule has 0 saturated carbocycles. The third-order valence-electron chi connectivity index (χ3n) is 4.92. The Kier molecular flexibility index (Phi) is 6.11. The van der Waals surface area contributed by atoms with Crippen LogP contribution >= 0.6 is 12.4 Å². The first kappa shape index (κ1) is 19.4. The summed E-state index contributed by atoms with van der Waals surface area (Å²) in [6, 6.07) is 14.2. The number of aromatic nitrogens is 2. The molecule has 1 amide bonds. The Morgan fingerprint density at radius 2 is 2.07 bits per heavy atom. The molecule has 1 aliphatic heterocycles. The average Bonchev–Trinajstić information content (AvgIpc) is 3.08. The first-order chi connectivity index (χ1) is 12.7. The van der Waals surface area contributed by atoms with E-state index >= 15 is 0 Å². The second-order valence-corrected chi connectivity index (χ2v) is 6.66. The highest BCUT2D eigenvalue weighted by molar-refractivity contribution is 6.02. The molecule has 2 N–H and O–H groups in total. The van der Waals surface area contributed by atoms with E-state index in [2.05, 4.69) is 32.7 Å². The van der Waals surface area contributed by atoms with Crippen LogP contribution in [-0.2, 0) is 11.8 Å². The van der Waals surface area contributed by atoms with Crippen molar-refractivity contribution in [1.29, 1.82) is 0 Å². The maximum atomic E-state index is 12.7. The highest BCUT2D eigenvalue weighted by Gasteiger charge is 2.28. The summed E-state index contributed by atoms with van der Waals surface area (Å²) in [5.74, 6) is 0.984. The van der Waals surface area contributed by atoms with Gasteiger partial charge in [-0.05, 0) is 11.5 Å². The zero-order valence-electron chi connectivity index (χ0n) is 15.3. The number of rotatable bonds is 4. The van der Waals surface area contributed by atoms with E-state index in [1.165, 1.54) is 0 Å². The monoisotopic (exact) mass is 385 g/mol. The number of benzene rings is 2. The van der Waals surface area contributed by atoms with Gasteiger partial charge in [0.25, 0.3) is 0 Å². The molecular formula is C20H24ClN5O. The van der Waals surface area contributed by atoms with Crippen molar-refractivity contribution < 1.29 is 4.79 Å². The fourth-order valence-corrected chi connectivity index (χ4v) is 3.60. The van der Waals surface area contributed by atoms with Crippen molar-refractivity contribution in [3.63, 3.8) is 0 Å². The standard InChI is InChI=1S/C20H23N5O.ClH/c1-24-11-10-22-20(24)18-13-21-9-12-25(18)14-19(26)23-17-8-4-6-15-5-2-3-7-16(15)17;/h2-8,10-11,18,21H,9,12-14H2,1H3,(H,23,26);1H. The lowest BCUT2D eigenvalue weighted by Crippen LogP contribution is -2.49. The summed E-state index contributed by atoms with van der Waals surface area (Å²) in [6.45, 7) is 2.85. The topological polar surface area (TPSA) is 62.2 Å². The van der Waals surface area contributed by atoms with Crippen molar-refractivity contribution >= 4 is 34.8 Å². The van der Waals surface area contributed by atoms with Gasteiger partial charge >= 0.3 is 0 Å². The summed E-state index contributed by atoms with van der Waals surface area (Å²) < 4.78 is 2.02. The number of anilines is 1. The van der Waals surface area contributed by atoms with Gasteiger partial charge in [-0.1, -0.05) is 36.4 Å². The highest BCUT2D eigenvalue weighted by atomic mass is 35.5. The van der Waals surface area contributed by atoms with Crippen LogP contribution in [0.25, 0.3) is 10.8 Å². The van der Waals surface area contributed by atoms with Crippen LogP contribution in [0.3, 0.4) is 0 Å². The van der Waals surface area contributed by atoms with Crippen molar-refractivity contribution in [2.45, 2.75) is 6.04 Å². The van der Waals surface area contributed by atoms with E-state index in [1.54, 1.807) is 6.20 Å². The van der Waals surface area contributed by atoms with E-state index in [9.17, 15) is 4.79 Å². The van der Waals surface area contributed by atoms with E-state index < -0.39 is 0 Å². The number of halogens is 1. The van der Waals surface area contributed by atoms with Crippen molar-refractivity contribution in [3.8, 4) is 0 Å². The van der Waals surface area contributed by atoms with Gasteiger partial charge in [-0.25, -0.2) is 4.98 Å². The van der Waals surface area contributed by atoms with Gasteiger partial charge in [0.1, 0.15) is 5.82 Å². The van der Waals surface area contributed by atoms with Crippen LogP contribution in [0.2, 0.25) is 0 Å². The predicted octanol–water partition coefficient (Wildman–Crippen LogP) is 2.58. The van der Waals surface area contributed by atoms with E-state index in [0.29, 0.717) is 6.54 Å². The minimum Gasteiger partial charge on any atom is -0.337 e. The Morgan fingerprint density at radius 3 is 2.89 bits per heavy atom. The molecule has 0 aliphatic carbocycles. The summed E-state index contributed by atoms with van der Waals surface area (Å²) in [5, 5.41) is 8.67. The second kappa shape index (κ2) is 8.52. The van der Waals surface area contributed by atoms with Crippen LogP contribution in [0.1, 0.15) is 11.9 Å². The molecule has 2 aromatic carbocycles. The van der Waals surface area contributed by atoms with Gasteiger partial charge in [-0.15, -0.1) is 12.4 Å². The SMILES string of the molecule is Cl.Cn1ccnc1C1CNCCN1CC(=O)Nc1cccc2ccccc12. The Morgan fingerprint density at radius 1 is 1.26 bits per heavy atom. The van der Waals surface area contributed by atoms with Crippen molar-refractivity contribution in [2.75, 3.05) is 31.5 Å². The summed E-state index contributed by atoms with van der Waals surface area (Å²) in [7, 11) is 1.99. The molecule has 1 atom stereocenters. The Labute approximate surface area is 165 Å². The Hall–Kier alpha value is -2.41. The molecule has 2 heterocycles. The number of hydrogen-bond acceptors (Lipinski definition) is 4. The smallest absolute Gasteiger partial charge is 0.238 e. The molecule has 1 fully saturated rings. The molecule has 0 radical (unpaired) electrons. The molecule has 1 saturated heterocycles. The number of imidazole rings is 1. The van der Waals surface area contributed by atoms with Crippen molar-refractivity contribution in [1.82, 2.24) is 19.8 Å². The number of nitrogens with zero attached hydrogens (tertiary/aromatic N) is 3. The van der Waals surface area contributed by atoms with Crippen LogP contribution in [0.4, 0.5) is 5.69 Å². The van der Waals surface area contributed by atoms with Gasteiger partial charge < -0.3 is 15.2 Å². The largest absolute Gasteiger partial charge is 0.337 e. The van der Waals surface area contributed by atoms with E-state index in [1.807, 2.05) is 48.1 Å². The zero-order chi connectivity index (χ0) is 17.9. The molecule has 1 unspecified atom stereocenters. The van der Waals surface area contributed by atoms with Crippen LogP contribution in [0.15, 0.2) is 54.9 Å². The van der Waals surface area contributed by atoms with Crippen molar-refractivity contribution in [3.05, 3.63) is 60.7 Å². The molecule has 142 valence electrons. The Balaban J connectivity index is 0.00000210. The molecule has 1 aliphatic rings. The number of carbonyl (C=O) groups excluding carboxylic acids is 1. The molecule has 0 bridgehead atoms. The minimum absolute atomic E-state index is 0. The highest BCUT2D eigenvalue weighted by Crippen LogP contribution is 2.24. The molecule has 3 aromatic rings. The Bertz CT molecular complexity index is 920. The van der Waals surface area contributed by atoms with Gasteiger partial charge in [0.2, 0.25) is 5.91 Å². The van der Waals surface area contributed by atoms with Gasteiger partial charge in [0, 0.05) is 50.1 Å². The average molecular weight is 386 g/mol. The summed E-state index contributed by atoms with van der Waals surface area (Å²) in [4.78, 5) is 19.4.